The number of halogens is 2. The van der Waals surface area contributed by atoms with Crippen molar-refractivity contribution >= 4 is 73.1 Å². The van der Waals surface area contributed by atoms with Crippen LogP contribution in [0.3, 0.4) is 0 Å². The maximum absolute atomic E-state index is 12.6. The minimum atomic E-state index is -0.357. The van der Waals surface area contributed by atoms with Crippen LogP contribution < -0.4 is 15.4 Å². The van der Waals surface area contributed by atoms with Gasteiger partial charge in [0, 0.05) is 5.56 Å². The van der Waals surface area contributed by atoms with Crippen LogP contribution in [0.1, 0.15) is 15.9 Å². The Morgan fingerprint density at radius 3 is 2.68 bits per heavy atom. The number of nitrogens with one attached hydrogen (secondary N) is 2. The number of anilines is 1. The fourth-order valence-corrected chi connectivity index (χ4v) is 4.31. The summed E-state index contributed by atoms with van der Waals surface area (Å²) >= 11 is 18.8. The van der Waals surface area contributed by atoms with E-state index in [2.05, 4.69) is 15.6 Å². The molecule has 4 rings (SSSR count). The van der Waals surface area contributed by atoms with E-state index in [1.807, 2.05) is 36.4 Å². The summed E-state index contributed by atoms with van der Waals surface area (Å²) in [5, 5.41) is 7.00. The highest BCUT2D eigenvalue weighted by Crippen LogP contribution is 2.35. The van der Waals surface area contributed by atoms with Gasteiger partial charge in [-0.25, -0.2) is 4.98 Å². The molecule has 0 spiro atoms. The highest BCUT2D eigenvalue weighted by Gasteiger charge is 2.13. The molecule has 0 aliphatic carbocycles. The maximum Gasteiger partial charge on any atom is 0.257 e. The highest BCUT2D eigenvalue weighted by molar-refractivity contribution is 7.80. The number of carbonyl (C=O) groups is 1. The van der Waals surface area contributed by atoms with Crippen molar-refractivity contribution in [3.63, 3.8) is 0 Å². The number of fused-ring (bicyclic) bond motifs is 1. The first-order valence-corrected chi connectivity index (χ1v) is 11.1. The van der Waals surface area contributed by atoms with Gasteiger partial charge in [-0.2, -0.15) is 0 Å². The number of ether oxygens (including phenoxy) is 1. The van der Waals surface area contributed by atoms with E-state index in [9.17, 15) is 4.79 Å². The summed E-state index contributed by atoms with van der Waals surface area (Å²) in [6.07, 6.45) is 0. The van der Waals surface area contributed by atoms with Crippen molar-refractivity contribution in [2.45, 2.75) is 6.61 Å². The van der Waals surface area contributed by atoms with Gasteiger partial charge in [0.2, 0.25) is 0 Å². The van der Waals surface area contributed by atoms with Crippen LogP contribution in [0.4, 0.5) is 5.13 Å². The zero-order valence-corrected chi connectivity index (χ0v) is 19.0. The lowest BCUT2D eigenvalue weighted by molar-refractivity contribution is 0.0977. The van der Waals surface area contributed by atoms with Gasteiger partial charge in [0.1, 0.15) is 17.9 Å². The molecule has 0 saturated heterocycles. The fraction of sp³-hybridized carbons (Fsp3) is 0.0455. The van der Waals surface area contributed by atoms with Crippen LogP contribution in [0.5, 0.6) is 5.75 Å². The monoisotopic (exact) mass is 487 g/mol. The van der Waals surface area contributed by atoms with E-state index in [-0.39, 0.29) is 11.0 Å². The number of thiazole rings is 1. The standard InChI is InChI=1S/C22H15Cl2N3O2S2/c23-16-9-10-17-19(18(16)24)25-22(31-17)27-21(30)26-20(28)14-7-4-8-15(11-14)29-12-13-5-2-1-3-6-13/h1-11H,12H2,(H2,25,26,27,28,30). The van der Waals surface area contributed by atoms with Gasteiger partial charge in [0.15, 0.2) is 10.2 Å². The predicted octanol–water partition coefficient (Wildman–Crippen LogP) is 6.31. The van der Waals surface area contributed by atoms with E-state index < -0.39 is 0 Å². The van der Waals surface area contributed by atoms with Crippen LogP contribution in [0.25, 0.3) is 10.2 Å². The molecule has 3 aromatic carbocycles. The predicted molar refractivity (Wildman–Crippen MR) is 131 cm³/mol. The van der Waals surface area contributed by atoms with Crippen molar-refractivity contribution < 1.29 is 9.53 Å². The number of benzene rings is 3. The van der Waals surface area contributed by atoms with Gasteiger partial charge in [-0.1, -0.05) is 70.9 Å². The Labute approximate surface area is 198 Å². The molecule has 4 aromatic rings. The number of amides is 1. The summed E-state index contributed by atoms with van der Waals surface area (Å²) in [5.41, 5.74) is 2.05. The van der Waals surface area contributed by atoms with Crippen LogP contribution in [-0.2, 0) is 6.61 Å². The second-order valence-corrected chi connectivity index (χ2v) is 8.66. The van der Waals surface area contributed by atoms with Crippen LogP contribution in [0.15, 0.2) is 66.7 Å². The summed E-state index contributed by atoms with van der Waals surface area (Å²) in [6.45, 7) is 0.413. The Kier molecular flexibility index (Phi) is 6.67. The molecule has 1 aromatic heterocycles. The molecule has 31 heavy (non-hydrogen) atoms. The molecule has 9 heteroatoms. The first-order valence-electron chi connectivity index (χ1n) is 9.13. The zero-order valence-electron chi connectivity index (χ0n) is 15.9. The van der Waals surface area contributed by atoms with E-state index in [1.165, 1.54) is 11.3 Å². The highest BCUT2D eigenvalue weighted by atomic mass is 35.5. The molecule has 0 bridgehead atoms. The maximum atomic E-state index is 12.6. The lowest BCUT2D eigenvalue weighted by atomic mass is 10.2. The van der Waals surface area contributed by atoms with E-state index in [1.54, 1.807) is 30.3 Å². The number of hydrogen-bond donors (Lipinski definition) is 2. The summed E-state index contributed by atoms with van der Waals surface area (Å²) in [7, 11) is 0. The molecule has 0 atom stereocenters. The number of carbonyl (C=O) groups excluding carboxylic acids is 1. The molecule has 0 radical (unpaired) electrons. The Morgan fingerprint density at radius 1 is 1.06 bits per heavy atom. The fourth-order valence-electron chi connectivity index (χ4n) is 2.76. The number of hydrogen-bond acceptors (Lipinski definition) is 5. The molecule has 156 valence electrons. The van der Waals surface area contributed by atoms with Gasteiger partial charge < -0.3 is 10.1 Å². The molecule has 0 unspecified atom stereocenters. The summed E-state index contributed by atoms with van der Waals surface area (Å²) in [6, 6.07) is 20.2. The Morgan fingerprint density at radius 2 is 1.87 bits per heavy atom. The third-order valence-electron chi connectivity index (χ3n) is 4.24. The topological polar surface area (TPSA) is 63.2 Å². The molecule has 1 amide bonds. The van der Waals surface area contributed by atoms with Crippen LogP contribution in [0, 0.1) is 0 Å². The largest absolute Gasteiger partial charge is 0.489 e. The van der Waals surface area contributed by atoms with E-state index in [0.29, 0.717) is 38.6 Å². The number of rotatable bonds is 5. The lowest BCUT2D eigenvalue weighted by Crippen LogP contribution is -2.34. The zero-order chi connectivity index (χ0) is 21.8. The number of nitrogens with zero attached hydrogens (tertiary/aromatic N) is 1. The SMILES string of the molecule is O=C(NC(=S)Nc1nc2c(Cl)c(Cl)ccc2s1)c1cccc(OCc2ccccc2)c1. The molecule has 0 aliphatic heterocycles. The van der Waals surface area contributed by atoms with Crippen molar-refractivity contribution in [1.82, 2.24) is 10.3 Å². The average molecular weight is 488 g/mol. The Bertz CT molecular complexity index is 1260. The van der Waals surface area contributed by atoms with Gasteiger partial charge in [-0.15, -0.1) is 0 Å². The normalized spacial score (nSPS) is 10.6. The number of thiocarbonyl (C=S) groups is 1. The van der Waals surface area contributed by atoms with Crippen molar-refractivity contribution in [2.75, 3.05) is 5.32 Å². The van der Waals surface area contributed by atoms with Crippen molar-refractivity contribution in [1.29, 1.82) is 0 Å². The third kappa shape index (κ3) is 5.32. The molecular formula is C22H15Cl2N3O2S2. The molecule has 2 N–H and O–H groups in total. The van der Waals surface area contributed by atoms with Gasteiger partial charge in [0.05, 0.1) is 14.7 Å². The quantitative estimate of drug-likeness (QED) is 0.323. The van der Waals surface area contributed by atoms with Crippen molar-refractivity contribution in [3.8, 4) is 5.75 Å². The molecule has 5 nitrogen and oxygen atoms in total. The Balaban J connectivity index is 1.38. The Hall–Kier alpha value is -2.71. The lowest BCUT2D eigenvalue weighted by Gasteiger charge is -2.10. The van der Waals surface area contributed by atoms with Crippen molar-refractivity contribution in [2.24, 2.45) is 0 Å². The second kappa shape index (κ2) is 9.62. The first kappa shape index (κ1) is 21.5. The molecule has 0 saturated carbocycles. The van der Waals surface area contributed by atoms with Crippen LogP contribution >= 0.6 is 46.8 Å². The van der Waals surface area contributed by atoms with Gasteiger partial charge in [-0.3, -0.25) is 10.1 Å². The van der Waals surface area contributed by atoms with E-state index >= 15 is 0 Å². The van der Waals surface area contributed by atoms with Crippen molar-refractivity contribution in [3.05, 3.63) is 87.9 Å². The third-order valence-corrected chi connectivity index (χ3v) is 6.18. The molecule has 0 fully saturated rings. The van der Waals surface area contributed by atoms with Gasteiger partial charge in [0.25, 0.3) is 5.91 Å². The molecule has 1 heterocycles. The summed E-state index contributed by atoms with van der Waals surface area (Å²) in [5.74, 6) is 0.234. The van der Waals surface area contributed by atoms with Gasteiger partial charge in [-0.05, 0) is 48.1 Å². The minimum absolute atomic E-state index is 0.127. The summed E-state index contributed by atoms with van der Waals surface area (Å²) < 4.78 is 6.63. The smallest absolute Gasteiger partial charge is 0.257 e. The van der Waals surface area contributed by atoms with E-state index in [4.69, 9.17) is 40.2 Å². The molecular weight excluding hydrogens is 473 g/mol. The average Bonchev–Trinajstić information content (AvgIpc) is 3.19. The van der Waals surface area contributed by atoms with Crippen LogP contribution in [0.2, 0.25) is 10.0 Å². The summed E-state index contributed by atoms with van der Waals surface area (Å²) in [4.78, 5) is 17.0. The minimum Gasteiger partial charge on any atom is -0.489 e. The van der Waals surface area contributed by atoms with Crippen LogP contribution in [-0.4, -0.2) is 16.0 Å². The second-order valence-electron chi connectivity index (χ2n) is 6.44. The number of aromatic nitrogens is 1. The van der Waals surface area contributed by atoms with Gasteiger partial charge >= 0.3 is 0 Å². The first-order chi connectivity index (χ1) is 15.0. The van der Waals surface area contributed by atoms with E-state index in [0.717, 1.165) is 10.3 Å². The molecule has 0 aliphatic rings.